The molecular weight excluding hydrogens is 228 g/mol. The molecular formula is C11H26O6. The lowest BCUT2D eigenvalue weighted by atomic mass is 10.7. The number of aliphatic hydroxyl groups excluding tert-OH is 2. The summed E-state index contributed by atoms with van der Waals surface area (Å²) in [7, 11) is 0. The van der Waals surface area contributed by atoms with Crippen molar-refractivity contribution < 1.29 is 29.2 Å². The van der Waals surface area contributed by atoms with Gasteiger partial charge in [-0.15, -0.1) is 0 Å². The molecule has 0 fully saturated rings. The predicted octanol–water partition coefficient (Wildman–Crippen LogP) is 0.210. The summed E-state index contributed by atoms with van der Waals surface area (Å²) in [5.41, 5.74) is 0. The molecule has 0 amide bonds. The molecule has 0 atom stereocenters. The van der Waals surface area contributed by atoms with Gasteiger partial charge in [-0.3, -0.25) is 4.79 Å². The maximum absolute atomic E-state index is 9.18. The smallest absolute Gasteiger partial charge is 0.293 e. The SMILES string of the molecule is CCOC=O.CCOCC.OCCOCCO. The van der Waals surface area contributed by atoms with Gasteiger partial charge in [-0.05, 0) is 20.8 Å². The van der Waals surface area contributed by atoms with Crippen LogP contribution in [0.3, 0.4) is 0 Å². The van der Waals surface area contributed by atoms with Crippen LogP contribution in [-0.4, -0.2) is 62.9 Å². The Balaban J connectivity index is -0.000000177. The molecule has 2 N–H and O–H groups in total. The molecule has 0 bridgehead atoms. The highest BCUT2D eigenvalue weighted by molar-refractivity contribution is 5.36. The van der Waals surface area contributed by atoms with Crippen molar-refractivity contribution in [3.63, 3.8) is 0 Å². The van der Waals surface area contributed by atoms with E-state index in [9.17, 15) is 4.79 Å². The first-order valence-corrected chi connectivity index (χ1v) is 5.67. The topological polar surface area (TPSA) is 85.2 Å². The van der Waals surface area contributed by atoms with Crippen LogP contribution in [0.5, 0.6) is 0 Å². The van der Waals surface area contributed by atoms with E-state index >= 15 is 0 Å². The summed E-state index contributed by atoms with van der Waals surface area (Å²) in [6.45, 7) is 9.03. The summed E-state index contributed by atoms with van der Waals surface area (Å²) < 4.78 is 13.6. The Kier molecular flexibility index (Phi) is 37.4. The largest absolute Gasteiger partial charge is 0.468 e. The van der Waals surface area contributed by atoms with Crippen LogP contribution in [0.25, 0.3) is 0 Å². The van der Waals surface area contributed by atoms with Crippen molar-refractivity contribution in [1.29, 1.82) is 0 Å². The minimum absolute atomic E-state index is 0.0278. The van der Waals surface area contributed by atoms with Crippen LogP contribution in [0.15, 0.2) is 0 Å². The van der Waals surface area contributed by atoms with Gasteiger partial charge in [0.05, 0.1) is 33.0 Å². The number of carbonyl (C=O) groups excluding carboxylic acids is 1. The lowest BCUT2D eigenvalue weighted by Gasteiger charge is -1.94. The van der Waals surface area contributed by atoms with E-state index in [1.54, 1.807) is 6.92 Å². The van der Waals surface area contributed by atoms with Gasteiger partial charge in [0.15, 0.2) is 0 Å². The first kappa shape index (κ1) is 21.6. The number of ether oxygens (including phenoxy) is 3. The van der Waals surface area contributed by atoms with Crippen molar-refractivity contribution in [2.75, 3.05) is 46.2 Å². The average Bonchev–Trinajstić information content (AvgIpc) is 2.33. The van der Waals surface area contributed by atoms with Crippen LogP contribution in [0, 0.1) is 0 Å². The highest BCUT2D eigenvalue weighted by Gasteiger charge is 1.79. The zero-order chi connectivity index (χ0) is 13.8. The summed E-state index contributed by atoms with van der Waals surface area (Å²) in [5.74, 6) is 0. The quantitative estimate of drug-likeness (QED) is 0.476. The maximum Gasteiger partial charge on any atom is 0.293 e. The number of carbonyl (C=O) groups is 1. The predicted molar refractivity (Wildman–Crippen MR) is 64.8 cm³/mol. The number of rotatable bonds is 8. The molecule has 0 spiro atoms. The van der Waals surface area contributed by atoms with Crippen molar-refractivity contribution >= 4 is 6.47 Å². The summed E-state index contributed by atoms with van der Waals surface area (Å²) in [5, 5.41) is 16.2. The molecule has 17 heavy (non-hydrogen) atoms. The zero-order valence-electron chi connectivity index (χ0n) is 11.1. The van der Waals surface area contributed by atoms with Crippen LogP contribution < -0.4 is 0 Å². The molecule has 0 heterocycles. The monoisotopic (exact) mass is 254 g/mol. The van der Waals surface area contributed by atoms with Crippen molar-refractivity contribution in [3.8, 4) is 0 Å². The molecule has 0 unspecified atom stereocenters. The molecule has 0 saturated heterocycles. The van der Waals surface area contributed by atoms with Crippen molar-refractivity contribution in [2.45, 2.75) is 20.8 Å². The highest BCUT2D eigenvalue weighted by atomic mass is 16.5. The maximum atomic E-state index is 9.18. The Hall–Kier alpha value is -0.690. The van der Waals surface area contributed by atoms with Crippen LogP contribution in [-0.2, 0) is 19.0 Å². The molecule has 106 valence electrons. The van der Waals surface area contributed by atoms with E-state index in [0.717, 1.165) is 13.2 Å². The third-order valence-electron chi connectivity index (χ3n) is 1.11. The molecule has 0 radical (unpaired) electrons. The summed E-state index contributed by atoms with van der Waals surface area (Å²) in [6, 6.07) is 0. The number of aliphatic hydroxyl groups is 2. The molecule has 0 aromatic carbocycles. The van der Waals surface area contributed by atoms with Crippen LogP contribution in [0.1, 0.15) is 20.8 Å². The van der Waals surface area contributed by atoms with E-state index in [0.29, 0.717) is 26.3 Å². The molecule has 0 aliphatic heterocycles. The van der Waals surface area contributed by atoms with Gasteiger partial charge >= 0.3 is 0 Å². The van der Waals surface area contributed by atoms with Crippen molar-refractivity contribution in [3.05, 3.63) is 0 Å². The minimum atomic E-state index is 0.0278. The number of hydrogen-bond acceptors (Lipinski definition) is 6. The van der Waals surface area contributed by atoms with E-state index in [1.807, 2.05) is 13.8 Å². The Bertz CT molecular complexity index is 104. The van der Waals surface area contributed by atoms with Gasteiger partial charge in [0.25, 0.3) is 6.47 Å². The van der Waals surface area contributed by atoms with Crippen LogP contribution in [0.4, 0.5) is 0 Å². The molecule has 0 aromatic heterocycles. The van der Waals surface area contributed by atoms with E-state index in [-0.39, 0.29) is 13.2 Å². The summed E-state index contributed by atoms with van der Waals surface area (Å²) in [6.07, 6.45) is 0. The van der Waals surface area contributed by atoms with Gasteiger partial charge in [0, 0.05) is 13.2 Å². The fraction of sp³-hybridized carbons (Fsp3) is 0.909. The van der Waals surface area contributed by atoms with E-state index in [1.165, 1.54) is 0 Å². The van der Waals surface area contributed by atoms with E-state index < -0.39 is 0 Å². The van der Waals surface area contributed by atoms with Gasteiger partial charge in [0.1, 0.15) is 0 Å². The first-order chi connectivity index (χ1) is 8.24. The van der Waals surface area contributed by atoms with Crippen LogP contribution >= 0.6 is 0 Å². The summed E-state index contributed by atoms with van der Waals surface area (Å²) >= 11 is 0. The molecule has 0 aromatic rings. The second-order valence-electron chi connectivity index (χ2n) is 2.39. The zero-order valence-corrected chi connectivity index (χ0v) is 11.1. The first-order valence-electron chi connectivity index (χ1n) is 5.67. The van der Waals surface area contributed by atoms with E-state index in [2.05, 4.69) is 9.47 Å². The molecule has 0 rings (SSSR count). The Morgan fingerprint density at radius 1 is 0.882 bits per heavy atom. The van der Waals surface area contributed by atoms with Crippen molar-refractivity contribution in [1.82, 2.24) is 0 Å². The Morgan fingerprint density at radius 2 is 1.35 bits per heavy atom. The summed E-state index contributed by atoms with van der Waals surface area (Å²) in [4.78, 5) is 9.18. The third kappa shape index (κ3) is 50.8. The fourth-order valence-corrected chi connectivity index (χ4v) is 0.503. The highest BCUT2D eigenvalue weighted by Crippen LogP contribution is 1.68. The Labute approximate surface area is 103 Å². The van der Waals surface area contributed by atoms with Gasteiger partial charge in [-0.25, -0.2) is 0 Å². The lowest BCUT2D eigenvalue weighted by Crippen LogP contribution is -2.03. The molecule has 0 aliphatic rings. The van der Waals surface area contributed by atoms with E-state index in [4.69, 9.17) is 14.9 Å². The molecule has 0 aliphatic carbocycles. The molecule has 6 nitrogen and oxygen atoms in total. The van der Waals surface area contributed by atoms with Crippen LogP contribution in [0.2, 0.25) is 0 Å². The van der Waals surface area contributed by atoms with Crippen molar-refractivity contribution in [2.24, 2.45) is 0 Å². The van der Waals surface area contributed by atoms with Gasteiger partial charge in [0.2, 0.25) is 0 Å². The normalized spacial score (nSPS) is 8.29. The number of hydrogen-bond donors (Lipinski definition) is 2. The minimum Gasteiger partial charge on any atom is -0.468 e. The Morgan fingerprint density at radius 3 is 1.47 bits per heavy atom. The lowest BCUT2D eigenvalue weighted by molar-refractivity contribution is -0.128. The molecule has 0 saturated carbocycles. The van der Waals surface area contributed by atoms with Gasteiger partial charge in [-0.2, -0.15) is 0 Å². The van der Waals surface area contributed by atoms with Gasteiger partial charge in [-0.1, -0.05) is 0 Å². The average molecular weight is 254 g/mol. The third-order valence-corrected chi connectivity index (χ3v) is 1.11. The second kappa shape index (κ2) is 29.5. The molecule has 6 heteroatoms. The fourth-order valence-electron chi connectivity index (χ4n) is 0.503. The second-order valence-corrected chi connectivity index (χ2v) is 2.39. The van der Waals surface area contributed by atoms with Gasteiger partial charge < -0.3 is 24.4 Å². The standard InChI is InChI=1S/C4H10O3.C4H10O.C3H6O2/c5-1-3-7-4-2-6;1-3-5-4-2;1-2-5-3-4/h5-6H,1-4H2;3-4H2,1-2H3;3H,2H2,1H3.